The van der Waals surface area contributed by atoms with Crippen LogP contribution < -0.4 is 5.32 Å². The Morgan fingerprint density at radius 1 is 1.10 bits per heavy atom. The van der Waals surface area contributed by atoms with Gasteiger partial charge in [-0.3, -0.25) is 9.89 Å². The number of likely N-dealkylation sites (tertiary alicyclic amines) is 1. The Hall–Kier alpha value is -1.64. The van der Waals surface area contributed by atoms with Gasteiger partial charge in [0.1, 0.15) is 0 Å². The number of fused-ring (bicyclic) bond motifs is 1. The lowest BCUT2D eigenvalue weighted by Gasteiger charge is -2.30. The number of aliphatic hydroxyl groups is 1. The average Bonchev–Trinajstić information content (AvgIpc) is 3.27. The Balaban J connectivity index is 0.00000272. The molecule has 2 aliphatic rings. The molecule has 6 heteroatoms. The van der Waals surface area contributed by atoms with Gasteiger partial charge in [-0.15, -0.1) is 24.0 Å². The van der Waals surface area contributed by atoms with E-state index in [2.05, 4.69) is 76.6 Å². The van der Waals surface area contributed by atoms with Crippen LogP contribution in [0.2, 0.25) is 0 Å². The molecule has 31 heavy (non-hydrogen) atoms. The molecule has 2 aliphatic heterocycles. The van der Waals surface area contributed by atoms with Crippen molar-refractivity contribution in [3.63, 3.8) is 0 Å². The van der Waals surface area contributed by atoms with Gasteiger partial charge in [0.2, 0.25) is 0 Å². The first kappa shape index (κ1) is 24.0. The first-order valence-corrected chi connectivity index (χ1v) is 11.3. The number of β-amino-alcohol motifs (C(OH)–C–C–N with tert-alkyl or cyclic N) is 1. The van der Waals surface area contributed by atoms with Gasteiger partial charge in [-0.2, -0.15) is 0 Å². The minimum atomic E-state index is -0.448. The Morgan fingerprint density at radius 3 is 2.61 bits per heavy atom. The van der Waals surface area contributed by atoms with Crippen LogP contribution in [-0.4, -0.2) is 66.2 Å². The van der Waals surface area contributed by atoms with Crippen LogP contribution in [0.1, 0.15) is 36.0 Å². The Labute approximate surface area is 203 Å². The number of halogens is 1. The van der Waals surface area contributed by atoms with Crippen molar-refractivity contribution in [1.82, 2.24) is 15.1 Å². The molecule has 4 rings (SSSR count). The molecule has 0 amide bonds. The number of nitrogens with zero attached hydrogens (tertiary/aromatic N) is 3. The third-order valence-corrected chi connectivity index (χ3v) is 6.22. The fraction of sp³-hybridized carbons (Fsp3) is 0.480. The number of hydrogen-bond acceptors (Lipinski definition) is 3. The van der Waals surface area contributed by atoms with E-state index in [9.17, 15) is 5.11 Å². The van der Waals surface area contributed by atoms with Crippen LogP contribution in [0.3, 0.4) is 0 Å². The molecule has 2 heterocycles. The van der Waals surface area contributed by atoms with E-state index >= 15 is 0 Å². The quantitative estimate of drug-likeness (QED) is 0.339. The molecule has 0 bridgehead atoms. The molecule has 2 aromatic carbocycles. The van der Waals surface area contributed by atoms with Crippen molar-refractivity contribution in [2.45, 2.75) is 38.3 Å². The number of rotatable bonds is 6. The molecule has 2 atom stereocenters. The summed E-state index contributed by atoms with van der Waals surface area (Å²) in [4.78, 5) is 9.47. The standard InChI is InChI=1S/C25H34N4O.HI/c1-2-26-25(29-15-13-23(18-29)20-8-4-3-5-9-20)27-16-24(30)19-28-14-12-21-10-6-7-11-22(21)17-28;/h3-11,23-24,30H,2,12-19H2,1H3,(H,26,27);1H. The molecular weight excluding hydrogens is 499 g/mol. The van der Waals surface area contributed by atoms with E-state index in [1.807, 2.05) is 0 Å². The summed E-state index contributed by atoms with van der Waals surface area (Å²) in [5, 5.41) is 14.1. The van der Waals surface area contributed by atoms with E-state index in [0.29, 0.717) is 19.0 Å². The van der Waals surface area contributed by atoms with E-state index in [1.54, 1.807) is 0 Å². The molecule has 5 nitrogen and oxygen atoms in total. The maximum Gasteiger partial charge on any atom is 0.194 e. The second-order valence-electron chi connectivity index (χ2n) is 8.44. The van der Waals surface area contributed by atoms with E-state index in [0.717, 1.165) is 51.5 Å². The van der Waals surface area contributed by atoms with Gasteiger partial charge in [-0.05, 0) is 36.5 Å². The number of guanidine groups is 1. The molecule has 1 fully saturated rings. The summed E-state index contributed by atoms with van der Waals surface area (Å²) in [5.41, 5.74) is 4.23. The highest BCUT2D eigenvalue weighted by Crippen LogP contribution is 2.27. The van der Waals surface area contributed by atoms with Gasteiger partial charge in [0.15, 0.2) is 5.96 Å². The number of benzene rings is 2. The lowest BCUT2D eigenvalue weighted by Crippen LogP contribution is -2.41. The minimum absolute atomic E-state index is 0. The van der Waals surface area contributed by atoms with E-state index in [4.69, 9.17) is 4.99 Å². The van der Waals surface area contributed by atoms with Crippen molar-refractivity contribution in [3.8, 4) is 0 Å². The number of hydrogen-bond donors (Lipinski definition) is 2. The summed E-state index contributed by atoms with van der Waals surface area (Å²) in [6.07, 6.45) is 1.75. The first-order valence-electron chi connectivity index (χ1n) is 11.3. The smallest absolute Gasteiger partial charge is 0.194 e. The molecule has 0 saturated carbocycles. The van der Waals surface area contributed by atoms with Crippen molar-refractivity contribution in [2.24, 2.45) is 4.99 Å². The van der Waals surface area contributed by atoms with Crippen molar-refractivity contribution in [2.75, 3.05) is 39.3 Å². The van der Waals surface area contributed by atoms with Crippen LogP contribution in [0.15, 0.2) is 59.6 Å². The maximum atomic E-state index is 10.6. The fourth-order valence-electron chi connectivity index (χ4n) is 4.63. The van der Waals surface area contributed by atoms with Gasteiger partial charge >= 0.3 is 0 Å². The molecule has 0 radical (unpaired) electrons. The zero-order valence-corrected chi connectivity index (χ0v) is 20.7. The highest BCUT2D eigenvalue weighted by atomic mass is 127. The Kier molecular flexibility index (Phi) is 9.16. The lowest BCUT2D eigenvalue weighted by molar-refractivity contribution is 0.111. The Morgan fingerprint density at radius 2 is 1.84 bits per heavy atom. The van der Waals surface area contributed by atoms with Crippen LogP contribution in [-0.2, 0) is 13.0 Å². The van der Waals surface area contributed by atoms with Crippen molar-refractivity contribution >= 4 is 29.9 Å². The maximum absolute atomic E-state index is 10.6. The van der Waals surface area contributed by atoms with Crippen LogP contribution in [0.25, 0.3) is 0 Å². The predicted octanol–water partition coefficient (Wildman–Crippen LogP) is 3.48. The monoisotopic (exact) mass is 534 g/mol. The molecule has 0 aromatic heterocycles. The largest absolute Gasteiger partial charge is 0.390 e. The number of aliphatic imine (C=N–C) groups is 1. The summed E-state index contributed by atoms with van der Waals surface area (Å²) in [5.74, 6) is 1.48. The second-order valence-corrected chi connectivity index (χ2v) is 8.44. The molecule has 168 valence electrons. The van der Waals surface area contributed by atoms with Crippen LogP contribution in [0.5, 0.6) is 0 Å². The minimum Gasteiger partial charge on any atom is -0.390 e. The summed E-state index contributed by atoms with van der Waals surface area (Å²) in [7, 11) is 0. The number of nitrogens with one attached hydrogen (secondary N) is 1. The van der Waals surface area contributed by atoms with Gasteiger partial charge < -0.3 is 15.3 Å². The van der Waals surface area contributed by atoms with Gasteiger partial charge in [0.05, 0.1) is 12.6 Å². The fourth-order valence-corrected chi connectivity index (χ4v) is 4.63. The molecule has 2 N–H and O–H groups in total. The van der Waals surface area contributed by atoms with Crippen molar-refractivity contribution < 1.29 is 5.11 Å². The lowest BCUT2D eigenvalue weighted by atomic mass is 9.99. The third kappa shape index (κ3) is 6.43. The molecule has 2 unspecified atom stereocenters. The number of aliphatic hydroxyl groups excluding tert-OH is 1. The third-order valence-electron chi connectivity index (χ3n) is 6.22. The van der Waals surface area contributed by atoms with Gasteiger partial charge in [-0.1, -0.05) is 54.6 Å². The SMILES string of the molecule is CCNC(=NCC(O)CN1CCc2ccccc2C1)N1CCC(c2ccccc2)C1.I. The van der Waals surface area contributed by atoms with Crippen molar-refractivity contribution in [1.29, 1.82) is 0 Å². The van der Waals surface area contributed by atoms with Crippen LogP contribution in [0.4, 0.5) is 0 Å². The van der Waals surface area contributed by atoms with E-state index in [-0.39, 0.29) is 24.0 Å². The zero-order chi connectivity index (χ0) is 20.8. The summed E-state index contributed by atoms with van der Waals surface area (Å²) in [6.45, 7) is 7.95. The van der Waals surface area contributed by atoms with E-state index < -0.39 is 6.10 Å². The summed E-state index contributed by atoms with van der Waals surface area (Å²) >= 11 is 0. The molecule has 1 saturated heterocycles. The highest BCUT2D eigenvalue weighted by Gasteiger charge is 2.26. The normalized spacial score (nSPS) is 20.1. The molecule has 2 aromatic rings. The summed E-state index contributed by atoms with van der Waals surface area (Å²) < 4.78 is 0. The average molecular weight is 534 g/mol. The highest BCUT2D eigenvalue weighted by molar-refractivity contribution is 14.0. The predicted molar refractivity (Wildman–Crippen MR) is 138 cm³/mol. The van der Waals surface area contributed by atoms with Crippen molar-refractivity contribution in [3.05, 3.63) is 71.3 Å². The van der Waals surface area contributed by atoms with Gasteiger partial charge in [0, 0.05) is 45.2 Å². The zero-order valence-electron chi connectivity index (χ0n) is 18.4. The summed E-state index contributed by atoms with van der Waals surface area (Å²) in [6, 6.07) is 19.4. The second kappa shape index (κ2) is 11.8. The van der Waals surface area contributed by atoms with E-state index in [1.165, 1.54) is 16.7 Å². The molecule has 0 spiro atoms. The Bertz CT molecular complexity index is 844. The first-order chi connectivity index (χ1) is 14.7. The molecule has 0 aliphatic carbocycles. The van der Waals surface area contributed by atoms with Crippen LogP contribution in [0, 0.1) is 0 Å². The molecular formula is C25H35IN4O. The topological polar surface area (TPSA) is 51.1 Å². The van der Waals surface area contributed by atoms with Crippen LogP contribution >= 0.6 is 24.0 Å². The van der Waals surface area contributed by atoms with Gasteiger partial charge in [0.25, 0.3) is 0 Å². The van der Waals surface area contributed by atoms with Gasteiger partial charge in [-0.25, -0.2) is 0 Å².